The van der Waals surface area contributed by atoms with Crippen molar-refractivity contribution in [3.63, 3.8) is 0 Å². The molecule has 0 aliphatic rings. The van der Waals surface area contributed by atoms with Gasteiger partial charge in [0, 0.05) is 0 Å². The fourth-order valence-electron chi connectivity index (χ4n) is 1.49. The minimum absolute atomic E-state index is 0.253. The Morgan fingerprint density at radius 2 is 2.10 bits per heavy atom. The van der Waals surface area contributed by atoms with Crippen molar-refractivity contribution in [2.45, 2.75) is 17.9 Å². The van der Waals surface area contributed by atoms with E-state index >= 15 is 0 Å². The fourth-order valence-corrected chi connectivity index (χ4v) is 3.44. The molecule has 2 rings (SSSR count). The predicted molar refractivity (Wildman–Crippen MR) is 71.5 cm³/mol. The molecule has 1 heterocycles. The second-order valence-electron chi connectivity index (χ2n) is 3.89. The Balaban J connectivity index is 2.34. The Morgan fingerprint density at radius 1 is 1.40 bits per heavy atom. The van der Waals surface area contributed by atoms with Crippen molar-refractivity contribution in [3.8, 4) is 0 Å². The summed E-state index contributed by atoms with van der Waals surface area (Å²) in [4.78, 5) is 3.43. The van der Waals surface area contributed by atoms with Crippen molar-refractivity contribution in [2.24, 2.45) is 0 Å². The third kappa shape index (κ3) is 2.93. The van der Waals surface area contributed by atoms with Crippen LogP contribution >= 0.6 is 23.2 Å². The van der Waals surface area contributed by atoms with E-state index in [1.807, 2.05) is 0 Å². The highest BCUT2D eigenvalue weighted by Crippen LogP contribution is 2.29. The Hall–Kier alpha value is -1.22. The first-order valence-corrected chi connectivity index (χ1v) is 7.58. The van der Waals surface area contributed by atoms with Gasteiger partial charge in [0.1, 0.15) is 17.0 Å². The number of halogens is 3. The van der Waals surface area contributed by atoms with Crippen LogP contribution in [-0.2, 0) is 10.0 Å². The van der Waals surface area contributed by atoms with Crippen LogP contribution in [0.25, 0.3) is 0 Å². The molecule has 1 aromatic carbocycles. The quantitative estimate of drug-likeness (QED) is 0.837. The Morgan fingerprint density at radius 3 is 2.70 bits per heavy atom. The molecule has 0 aliphatic heterocycles. The van der Waals surface area contributed by atoms with Crippen LogP contribution in [0.15, 0.2) is 23.4 Å². The van der Waals surface area contributed by atoms with Gasteiger partial charge in [0.2, 0.25) is 10.0 Å². The zero-order valence-corrected chi connectivity index (χ0v) is 12.4. The Kier molecular flexibility index (Phi) is 4.28. The summed E-state index contributed by atoms with van der Waals surface area (Å²) in [6.45, 7) is 1.55. The fraction of sp³-hybridized carbons (Fsp3) is 0.200. The molecule has 10 heteroatoms. The number of aromatic nitrogens is 3. The van der Waals surface area contributed by atoms with Crippen molar-refractivity contribution >= 4 is 33.2 Å². The summed E-state index contributed by atoms with van der Waals surface area (Å²) in [5.41, 5.74) is 0. The van der Waals surface area contributed by atoms with Crippen molar-refractivity contribution in [3.05, 3.63) is 40.1 Å². The van der Waals surface area contributed by atoms with Crippen molar-refractivity contribution in [1.82, 2.24) is 19.9 Å². The van der Waals surface area contributed by atoms with Gasteiger partial charge in [0.15, 0.2) is 5.82 Å². The van der Waals surface area contributed by atoms with Crippen LogP contribution in [-0.4, -0.2) is 23.6 Å². The third-order valence-electron chi connectivity index (χ3n) is 2.47. The van der Waals surface area contributed by atoms with Crippen molar-refractivity contribution in [2.75, 3.05) is 0 Å². The monoisotopic (exact) mass is 338 g/mol. The van der Waals surface area contributed by atoms with Gasteiger partial charge in [0.25, 0.3) is 0 Å². The van der Waals surface area contributed by atoms with Crippen LogP contribution in [0.1, 0.15) is 18.8 Å². The largest absolute Gasteiger partial charge is 0.262 e. The van der Waals surface area contributed by atoms with E-state index in [0.29, 0.717) is 5.82 Å². The van der Waals surface area contributed by atoms with Crippen LogP contribution < -0.4 is 4.72 Å². The molecule has 0 fully saturated rings. The summed E-state index contributed by atoms with van der Waals surface area (Å²) in [6, 6.07) is 1.57. The summed E-state index contributed by atoms with van der Waals surface area (Å²) in [7, 11) is -4.02. The molecule has 20 heavy (non-hydrogen) atoms. The summed E-state index contributed by atoms with van der Waals surface area (Å²) in [6.07, 6.45) is 1.25. The topological polar surface area (TPSA) is 87.7 Å². The lowest BCUT2D eigenvalue weighted by Crippen LogP contribution is -2.28. The van der Waals surface area contributed by atoms with Crippen molar-refractivity contribution < 1.29 is 12.8 Å². The molecule has 0 spiro atoms. The number of H-pyrrole nitrogens is 1. The Labute approximate surface area is 124 Å². The van der Waals surface area contributed by atoms with Gasteiger partial charge in [-0.25, -0.2) is 22.5 Å². The highest BCUT2D eigenvalue weighted by atomic mass is 35.5. The minimum Gasteiger partial charge on any atom is -0.262 e. The van der Waals surface area contributed by atoms with Crippen LogP contribution in [0.3, 0.4) is 0 Å². The van der Waals surface area contributed by atoms with Gasteiger partial charge in [0.05, 0.1) is 16.1 Å². The average Bonchev–Trinajstić information content (AvgIpc) is 2.89. The summed E-state index contributed by atoms with van der Waals surface area (Å²) >= 11 is 11.2. The molecular formula is C10H9Cl2FN4O2S. The lowest BCUT2D eigenvalue weighted by atomic mass is 10.3. The maximum Gasteiger partial charge on any atom is 0.242 e. The zero-order chi connectivity index (χ0) is 14.9. The summed E-state index contributed by atoms with van der Waals surface area (Å²) in [5, 5.41) is 5.33. The number of aromatic amines is 1. The highest BCUT2D eigenvalue weighted by Gasteiger charge is 2.25. The molecule has 0 bridgehead atoms. The second-order valence-corrected chi connectivity index (χ2v) is 6.35. The molecule has 108 valence electrons. The van der Waals surface area contributed by atoms with Crippen LogP contribution in [0.4, 0.5) is 4.39 Å². The third-order valence-corrected chi connectivity index (χ3v) is 4.82. The average molecular weight is 339 g/mol. The number of benzene rings is 1. The molecular weight excluding hydrogens is 330 g/mol. The van der Waals surface area contributed by atoms with E-state index in [1.54, 1.807) is 6.92 Å². The molecule has 0 amide bonds. The van der Waals surface area contributed by atoms with Gasteiger partial charge in [-0.3, -0.25) is 5.10 Å². The molecule has 0 saturated heterocycles. The van der Waals surface area contributed by atoms with Crippen LogP contribution in [0, 0.1) is 5.82 Å². The summed E-state index contributed by atoms with van der Waals surface area (Å²) < 4.78 is 40.2. The van der Waals surface area contributed by atoms with E-state index in [9.17, 15) is 12.8 Å². The number of sulfonamides is 1. The SMILES string of the molecule is CC(NS(=O)(=O)c1ccc(Cl)c(F)c1Cl)c1ncn[nH]1. The lowest BCUT2D eigenvalue weighted by molar-refractivity contribution is 0.558. The molecule has 0 aliphatic carbocycles. The Bertz CT molecular complexity index is 721. The van der Waals surface area contributed by atoms with E-state index in [0.717, 1.165) is 12.1 Å². The molecule has 0 saturated carbocycles. The molecule has 2 aromatic rings. The molecule has 1 unspecified atom stereocenters. The standard InChI is InChI=1S/C10H9Cl2FN4O2S/c1-5(10-14-4-15-16-10)17-20(18,19)7-3-2-6(11)9(13)8(7)12/h2-5,17H,1H3,(H,14,15,16). The number of hydrogen-bond donors (Lipinski definition) is 2. The van der Waals surface area contributed by atoms with Gasteiger partial charge in [-0.1, -0.05) is 23.2 Å². The number of hydrogen-bond acceptors (Lipinski definition) is 4. The first kappa shape index (κ1) is 15.2. The number of rotatable bonds is 4. The van der Waals surface area contributed by atoms with Crippen molar-refractivity contribution in [1.29, 1.82) is 0 Å². The number of nitrogens with one attached hydrogen (secondary N) is 2. The first-order chi connectivity index (χ1) is 9.33. The maximum absolute atomic E-state index is 13.5. The summed E-state index contributed by atoms with van der Waals surface area (Å²) in [5.74, 6) is -0.664. The van der Waals surface area contributed by atoms with E-state index in [-0.39, 0.29) is 5.02 Å². The first-order valence-electron chi connectivity index (χ1n) is 5.34. The van der Waals surface area contributed by atoms with E-state index in [2.05, 4.69) is 19.9 Å². The van der Waals surface area contributed by atoms with Crippen LogP contribution in [0.2, 0.25) is 10.0 Å². The van der Waals surface area contributed by atoms with Gasteiger partial charge in [-0.05, 0) is 19.1 Å². The minimum atomic E-state index is -4.02. The highest BCUT2D eigenvalue weighted by molar-refractivity contribution is 7.89. The molecule has 0 radical (unpaired) electrons. The van der Waals surface area contributed by atoms with E-state index < -0.39 is 31.8 Å². The molecule has 1 atom stereocenters. The van der Waals surface area contributed by atoms with Gasteiger partial charge in [-0.15, -0.1) is 0 Å². The lowest BCUT2D eigenvalue weighted by Gasteiger charge is -2.13. The van der Waals surface area contributed by atoms with E-state index in [1.165, 1.54) is 6.33 Å². The normalized spacial score (nSPS) is 13.4. The predicted octanol–water partition coefficient (Wildman–Crippen LogP) is 2.29. The zero-order valence-electron chi connectivity index (χ0n) is 10.1. The number of nitrogens with zero attached hydrogens (tertiary/aromatic N) is 2. The van der Waals surface area contributed by atoms with Crippen LogP contribution in [0.5, 0.6) is 0 Å². The van der Waals surface area contributed by atoms with Gasteiger partial charge in [-0.2, -0.15) is 5.10 Å². The smallest absolute Gasteiger partial charge is 0.242 e. The maximum atomic E-state index is 13.5. The molecule has 2 N–H and O–H groups in total. The van der Waals surface area contributed by atoms with E-state index in [4.69, 9.17) is 23.2 Å². The molecule has 1 aromatic heterocycles. The second kappa shape index (κ2) is 5.65. The molecule has 6 nitrogen and oxygen atoms in total. The van der Waals surface area contributed by atoms with Gasteiger partial charge >= 0.3 is 0 Å². The van der Waals surface area contributed by atoms with Gasteiger partial charge < -0.3 is 0 Å².